The van der Waals surface area contributed by atoms with E-state index in [0.29, 0.717) is 34.6 Å². The lowest BCUT2D eigenvalue weighted by molar-refractivity contribution is 0.355. The van der Waals surface area contributed by atoms with Gasteiger partial charge in [0.05, 0.1) is 0 Å². The fraction of sp³-hybridized carbons (Fsp3) is 0.421. The average Bonchev–Trinajstić information content (AvgIpc) is 2.60. The largest absolute Gasteiger partial charge is 0.358 e. The minimum atomic E-state index is -0.263. The fourth-order valence-corrected chi connectivity index (χ4v) is 3.75. The maximum absolute atomic E-state index is 13.0. The van der Waals surface area contributed by atoms with E-state index in [9.17, 15) is 4.39 Å². The number of nitrogens with zero attached hydrogens (tertiary/aromatic N) is 3. The van der Waals surface area contributed by atoms with Crippen LogP contribution in [0.2, 0.25) is 5.15 Å². The molecule has 3 rings (SSSR count). The minimum absolute atomic E-state index is 0.263. The van der Waals surface area contributed by atoms with Crippen molar-refractivity contribution in [1.29, 1.82) is 0 Å². The summed E-state index contributed by atoms with van der Waals surface area (Å²) in [5.74, 6) is 2.12. The third-order valence-corrected chi connectivity index (χ3v) is 4.91. The summed E-state index contributed by atoms with van der Waals surface area (Å²) in [7, 11) is 0. The van der Waals surface area contributed by atoms with E-state index >= 15 is 0 Å². The van der Waals surface area contributed by atoms with Crippen LogP contribution in [-0.4, -0.2) is 28.2 Å². The Hall–Kier alpha value is -1.99. The zero-order valence-electron chi connectivity index (χ0n) is 15.4. The van der Waals surface area contributed by atoms with Gasteiger partial charge < -0.3 is 15.5 Å². The van der Waals surface area contributed by atoms with E-state index in [0.717, 1.165) is 24.5 Å². The van der Waals surface area contributed by atoms with Crippen LogP contribution in [0.15, 0.2) is 30.3 Å². The Balaban J connectivity index is 1.63. The first-order valence-corrected chi connectivity index (χ1v) is 9.76. The second kappa shape index (κ2) is 8.80. The highest BCUT2D eigenvalue weighted by atomic mass is 35.5. The first-order chi connectivity index (χ1) is 12.9. The lowest BCUT2D eigenvalue weighted by Gasteiger charge is -2.35. The number of thiocarbonyl (C=S) groups is 1. The van der Waals surface area contributed by atoms with E-state index in [1.54, 1.807) is 18.2 Å². The molecule has 1 aromatic carbocycles. The lowest BCUT2D eigenvalue weighted by Crippen LogP contribution is -2.39. The predicted molar refractivity (Wildman–Crippen MR) is 112 cm³/mol. The van der Waals surface area contributed by atoms with Gasteiger partial charge in [0.25, 0.3) is 0 Å². The van der Waals surface area contributed by atoms with Crippen molar-refractivity contribution in [3.05, 3.63) is 46.9 Å². The molecule has 8 heteroatoms. The molecule has 2 heterocycles. The number of halogens is 2. The van der Waals surface area contributed by atoms with Crippen LogP contribution in [-0.2, 0) is 6.54 Å². The quantitative estimate of drug-likeness (QED) is 0.584. The van der Waals surface area contributed by atoms with Crippen LogP contribution in [0.5, 0.6) is 0 Å². The van der Waals surface area contributed by atoms with Gasteiger partial charge in [0.2, 0.25) is 5.95 Å². The highest BCUT2D eigenvalue weighted by Gasteiger charge is 2.23. The van der Waals surface area contributed by atoms with Gasteiger partial charge >= 0.3 is 0 Å². The number of benzene rings is 1. The minimum Gasteiger partial charge on any atom is -0.358 e. The Morgan fingerprint density at radius 3 is 2.56 bits per heavy atom. The monoisotopic (exact) mass is 407 g/mol. The molecule has 2 atom stereocenters. The van der Waals surface area contributed by atoms with Gasteiger partial charge in [-0.1, -0.05) is 37.6 Å². The van der Waals surface area contributed by atoms with E-state index in [1.807, 2.05) is 0 Å². The molecule has 1 aliphatic heterocycles. The molecule has 1 saturated heterocycles. The molecule has 1 fully saturated rings. The van der Waals surface area contributed by atoms with E-state index in [1.165, 1.54) is 18.6 Å². The maximum atomic E-state index is 13.0. The second-order valence-corrected chi connectivity index (χ2v) is 7.95. The third-order valence-electron chi connectivity index (χ3n) is 4.47. The molecule has 0 aliphatic carbocycles. The smallest absolute Gasteiger partial charge is 0.232 e. The molecule has 0 bridgehead atoms. The van der Waals surface area contributed by atoms with Crippen molar-refractivity contribution in [2.75, 3.05) is 23.3 Å². The van der Waals surface area contributed by atoms with Crippen LogP contribution in [0.4, 0.5) is 16.2 Å². The molecule has 2 aromatic rings. The molecule has 0 spiro atoms. The summed E-state index contributed by atoms with van der Waals surface area (Å²) in [5.41, 5.74) is 0.921. The normalized spacial score (nSPS) is 19.6. The zero-order chi connectivity index (χ0) is 19.4. The summed E-state index contributed by atoms with van der Waals surface area (Å²) in [6, 6.07) is 8.03. The highest BCUT2D eigenvalue weighted by Crippen LogP contribution is 2.27. The second-order valence-electron chi connectivity index (χ2n) is 7.16. The van der Waals surface area contributed by atoms with Crippen LogP contribution in [0.1, 0.15) is 25.8 Å². The number of hydrogen-bond donors (Lipinski definition) is 2. The standard InChI is InChI=1S/C19H23ClFN5S/c1-12-7-13(2)11-26(10-12)17-8-16(20)23-18(24-17)25-19(27)22-9-14-3-5-15(21)6-4-14/h3-6,8,12-13H,7,9-11H2,1-2H3,(H2,22,23,24,25,27)/t12-,13-/m1/s1. The Labute approximate surface area is 169 Å². The van der Waals surface area contributed by atoms with E-state index in [2.05, 4.69) is 39.3 Å². The number of piperidine rings is 1. The number of hydrogen-bond acceptors (Lipinski definition) is 4. The predicted octanol–water partition coefficient (Wildman–Crippen LogP) is 4.24. The molecule has 5 nitrogen and oxygen atoms in total. The Kier molecular flexibility index (Phi) is 6.44. The number of aromatic nitrogens is 2. The van der Waals surface area contributed by atoms with Crippen LogP contribution >= 0.6 is 23.8 Å². The van der Waals surface area contributed by atoms with Crippen molar-refractivity contribution in [1.82, 2.24) is 15.3 Å². The van der Waals surface area contributed by atoms with E-state index in [-0.39, 0.29) is 5.82 Å². The van der Waals surface area contributed by atoms with Crippen LogP contribution < -0.4 is 15.5 Å². The van der Waals surface area contributed by atoms with Gasteiger partial charge in [-0.15, -0.1) is 0 Å². The lowest BCUT2D eigenvalue weighted by atomic mass is 9.92. The SMILES string of the molecule is C[C@@H]1C[C@@H](C)CN(c2cc(Cl)nc(NC(=S)NCc3ccc(F)cc3)n2)C1. The van der Waals surface area contributed by atoms with Crippen molar-refractivity contribution in [3.8, 4) is 0 Å². The molecule has 0 unspecified atom stereocenters. The first-order valence-electron chi connectivity index (χ1n) is 8.98. The fourth-order valence-electron chi connectivity index (χ4n) is 3.40. The Bertz CT molecular complexity index is 791. The maximum Gasteiger partial charge on any atom is 0.232 e. The summed E-state index contributed by atoms with van der Waals surface area (Å²) in [5, 5.41) is 6.79. The zero-order valence-corrected chi connectivity index (χ0v) is 16.9. The summed E-state index contributed by atoms with van der Waals surface area (Å²) in [6.07, 6.45) is 1.22. The number of nitrogens with one attached hydrogen (secondary N) is 2. The van der Waals surface area contributed by atoms with Gasteiger partial charge in [0.15, 0.2) is 5.11 Å². The number of anilines is 2. The van der Waals surface area contributed by atoms with Crippen LogP contribution in [0.25, 0.3) is 0 Å². The molecular weight excluding hydrogens is 385 g/mol. The molecule has 2 N–H and O–H groups in total. The van der Waals surface area contributed by atoms with Gasteiger partial charge in [-0.3, -0.25) is 0 Å². The Morgan fingerprint density at radius 2 is 1.89 bits per heavy atom. The molecule has 0 amide bonds. The van der Waals surface area contributed by atoms with Gasteiger partial charge in [0.1, 0.15) is 16.8 Å². The van der Waals surface area contributed by atoms with Crippen molar-refractivity contribution in [3.63, 3.8) is 0 Å². The van der Waals surface area contributed by atoms with Gasteiger partial charge in [0, 0.05) is 25.7 Å². The summed E-state index contributed by atoms with van der Waals surface area (Å²) < 4.78 is 13.0. The van der Waals surface area contributed by atoms with Crippen molar-refractivity contribution in [2.24, 2.45) is 11.8 Å². The summed E-state index contributed by atoms with van der Waals surface area (Å²) >= 11 is 11.5. The summed E-state index contributed by atoms with van der Waals surface area (Å²) in [4.78, 5) is 11.0. The van der Waals surface area contributed by atoms with Crippen molar-refractivity contribution >= 4 is 40.7 Å². The molecule has 1 aromatic heterocycles. The summed E-state index contributed by atoms with van der Waals surface area (Å²) in [6.45, 7) is 6.87. The molecular formula is C19H23ClFN5S. The molecule has 0 saturated carbocycles. The molecule has 27 heavy (non-hydrogen) atoms. The van der Waals surface area contributed by atoms with E-state index < -0.39 is 0 Å². The third kappa shape index (κ3) is 5.74. The molecule has 144 valence electrons. The van der Waals surface area contributed by atoms with Crippen LogP contribution in [0, 0.1) is 17.7 Å². The average molecular weight is 408 g/mol. The van der Waals surface area contributed by atoms with E-state index in [4.69, 9.17) is 23.8 Å². The van der Waals surface area contributed by atoms with Crippen LogP contribution in [0.3, 0.4) is 0 Å². The number of rotatable bonds is 4. The Morgan fingerprint density at radius 1 is 1.22 bits per heavy atom. The highest BCUT2D eigenvalue weighted by molar-refractivity contribution is 7.80. The van der Waals surface area contributed by atoms with Gasteiger partial charge in [-0.25, -0.2) is 9.37 Å². The van der Waals surface area contributed by atoms with Gasteiger partial charge in [-0.05, 0) is 48.2 Å². The molecule has 1 aliphatic rings. The van der Waals surface area contributed by atoms with Gasteiger partial charge in [-0.2, -0.15) is 4.98 Å². The first kappa shape index (κ1) is 19.8. The molecule has 0 radical (unpaired) electrons. The van der Waals surface area contributed by atoms with Crippen molar-refractivity contribution < 1.29 is 4.39 Å². The topological polar surface area (TPSA) is 53.1 Å². The van der Waals surface area contributed by atoms with Crippen molar-refractivity contribution in [2.45, 2.75) is 26.8 Å².